The zero-order valence-corrected chi connectivity index (χ0v) is 20.7. The molecule has 2 aromatic heterocycles. The Bertz CT molecular complexity index is 1100. The molecule has 0 atom stereocenters. The molecular weight excluding hydrogens is 466 g/mol. The highest BCUT2D eigenvalue weighted by Gasteiger charge is 2.20. The van der Waals surface area contributed by atoms with Crippen molar-refractivity contribution in [2.24, 2.45) is 0 Å². The van der Waals surface area contributed by atoms with Gasteiger partial charge in [0.05, 0.1) is 26.4 Å². The summed E-state index contributed by atoms with van der Waals surface area (Å²) in [5.74, 6) is 0.828. The zero-order valence-electron chi connectivity index (χ0n) is 19.9. The van der Waals surface area contributed by atoms with Crippen molar-refractivity contribution >= 4 is 28.8 Å². The van der Waals surface area contributed by atoms with E-state index in [1.54, 1.807) is 19.3 Å². The SMILES string of the molecule is CCOC(=O)c1sc(-c2ccncc2)nc1NCc1cc(OCCCN2CCOCC2)ccc1N. The zero-order chi connectivity index (χ0) is 24.5. The minimum atomic E-state index is -0.405. The summed E-state index contributed by atoms with van der Waals surface area (Å²) in [6.45, 7) is 7.64. The molecular formula is C25H31N5O4S. The van der Waals surface area contributed by atoms with E-state index in [0.717, 1.165) is 56.1 Å². The molecule has 35 heavy (non-hydrogen) atoms. The lowest BCUT2D eigenvalue weighted by atomic mass is 10.1. The third-order valence-corrected chi connectivity index (χ3v) is 6.65. The Hall–Kier alpha value is -3.21. The predicted octanol–water partition coefficient (Wildman–Crippen LogP) is 3.68. The van der Waals surface area contributed by atoms with Gasteiger partial charge < -0.3 is 25.3 Å². The molecule has 1 aliphatic heterocycles. The number of nitrogens with zero attached hydrogens (tertiary/aromatic N) is 3. The van der Waals surface area contributed by atoms with Crippen LogP contribution in [-0.4, -0.2) is 66.9 Å². The summed E-state index contributed by atoms with van der Waals surface area (Å²) < 4.78 is 16.6. The van der Waals surface area contributed by atoms with Gasteiger partial charge in [-0.2, -0.15) is 0 Å². The van der Waals surface area contributed by atoms with Crippen molar-refractivity contribution in [3.05, 3.63) is 53.2 Å². The Morgan fingerprint density at radius 3 is 2.80 bits per heavy atom. The van der Waals surface area contributed by atoms with E-state index in [2.05, 4.69) is 20.2 Å². The lowest BCUT2D eigenvalue weighted by Crippen LogP contribution is -2.37. The molecule has 0 bridgehead atoms. The van der Waals surface area contributed by atoms with Crippen LogP contribution in [-0.2, 0) is 16.0 Å². The van der Waals surface area contributed by atoms with E-state index in [4.69, 9.17) is 19.9 Å². The van der Waals surface area contributed by atoms with E-state index in [-0.39, 0.29) is 0 Å². The highest BCUT2D eigenvalue weighted by atomic mass is 32.1. The van der Waals surface area contributed by atoms with Gasteiger partial charge in [-0.15, -0.1) is 11.3 Å². The maximum Gasteiger partial charge on any atom is 0.352 e. The fourth-order valence-corrected chi connectivity index (χ4v) is 4.64. The van der Waals surface area contributed by atoms with Crippen LogP contribution in [0.5, 0.6) is 5.75 Å². The van der Waals surface area contributed by atoms with Gasteiger partial charge in [0.1, 0.15) is 10.8 Å². The third kappa shape index (κ3) is 6.91. The van der Waals surface area contributed by atoms with Gasteiger partial charge in [-0.3, -0.25) is 9.88 Å². The molecule has 1 fully saturated rings. The number of carbonyl (C=O) groups excluding carboxylic acids is 1. The van der Waals surface area contributed by atoms with Gasteiger partial charge in [0.15, 0.2) is 10.7 Å². The van der Waals surface area contributed by atoms with E-state index in [1.807, 2.05) is 30.3 Å². The average molecular weight is 498 g/mol. The van der Waals surface area contributed by atoms with Crippen molar-refractivity contribution in [3.63, 3.8) is 0 Å². The van der Waals surface area contributed by atoms with Gasteiger partial charge in [0.2, 0.25) is 0 Å². The standard InChI is InChI=1S/C25H31N5O4S/c1-2-33-25(31)22-23(29-24(35-22)18-6-8-27-9-7-18)28-17-19-16-20(4-5-21(19)26)34-13-3-10-30-11-14-32-15-12-30/h4-9,16,28H,2-3,10-15,17,26H2,1H3. The van der Waals surface area contributed by atoms with Gasteiger partial charge in [-0.05, 0) is 49.2 Å². The van der Waals surface area contributed by atoms with Crippen LogP contribution in [0.15, 0.2) is 42.7 Å². The Morgan fingerprint density at radius 1 is 1.23 bits per heavy atom. The van der Waals surface area contributed by atoms with E-state index in [0.29, 0.717) is 41.1 Å². The smallest absolute Gasteiger partial charge is 0.352 e. The van der Waals surface area contributed by atoms with E-state index in [9.17, 15) is 4.79 Å². The quantitative estimate of drug-likeness (QED) is 0.233. The monoisotopic (exact) mass is 497 g/mol. The van der Waals surface area contributed by atoms with Crippen molar-refractivity contribution in [2.75, 3.05) is 57.1 Å². The third-order valence-electron chi connectivity index (χ3n) is 5.57. The molecule has 3 heterocycles. The maximum absolute atomic E-state index is 12.5. The first-order valence-corrected chi connectivity index (χ1v) is 12.6. The Balaban J connectivity index is 1.39. The van der Waals surface area contributed by atoms with E-state index in [1.165, 1.54) is 11.3 Å². The molecule has 1 aliphatic rings. The lowest BCUT2D eigenvalue weighted by Gasteiger charge is -2.26. The van der Waals surface area contributed by atoms with Crippen LogP contribution in [0.4, 0.5) is 11.5 Å². The summed E-state index contributed by atoms with van der Waals surface area (Å²) in [5, 5.41) is 3.98. The molecule has 3 aromatic rings. The molecule has 10 heteroatoms. The van der Waals surface area contributed by atoms with Crippen molar-refractivity contribution in [1.29, 1.82) is 0 Å². The van der Waals surface area contributed by atoms with Gasteiger partial charge in [0, 0.05) is 49.8 Å². The van der Waals surface area contributed by atoms with E-state index >= 15 is 0 Å². The number of benzene rings is 1. The molecule has 0 spiro atoms. The second-order valence-corrected chi connectivity index (χ2v) is 9.02. The number of nitrogen functional groups attached to an aromatic ring is 1. The first-order chi connectivity index (χ1) is 17.1. The van der Waals surface area contributed by atoms with Crippen molar-refractivity contribution < 1.29 is 19.0 Å². The maximum atomic E-state index is 12.5. The lowest BCUT2D eigenvalue weighted by molar-refractivity contribution is 0.0358. The fourth-order valence-electron chi connectivity index (χ4n) is 3.70. The minimum Gasteiger partial charge on any atom is -0.494 e. The number of anilines is 2. The first kappa shape index (κ1) is 24.9. The van der Waals surface area contributed by atoms with Crippen LogP contribution >= 0.6 is 11.3 Å². The number of ether oxygens (including phenoxy) is 3. The van der Waals surface area contributed by atoms with Gasteiger partial charge in [-0.1, -0.05) is 0 Å². The molecule has 3 N–H and O–H groups in total. The summed E-state index contributed by atoms with van der Waals surface area (Å²) in [4.78, 5) is 24.1. The topological polar surface area (TPSA) is 112 Å². The number of nitrogens with one attached hydrogen (secondary N) is 1. The van der Waals surface area contributed by atoms with Crippen molar-refractivity contribution in [1.82, 2.24) is 14.9 Å². The molecule has 1 saturated heterocycles. The normalized spacial score (nSPS) is 14.0. The number of esters is 1. The Labute approximate surface area is 209 Å². The number of hydrogen-bond donors (Lipinski definition) is 2. The molecule has 0 saturated carbocycles. The van der Waals surface area contributed by atoms with Crippen LogP contribution in [0.1, 0.15) is 28.6 Å². The number of carbonyl (C=O) groups is 1. The second-order valence-electron chi connectivity index (χ2n) is 8.02. The molecule has 1 aromatic carbocycles. The van der Waals surface area contributed by atoms with Crippen molar-refractivity contribution in [2.45, 2.75) is 19.9 Å². The molecule has 0 unspecified atom stereocenters. The summed E-state index contributed by atoms with van der Waals surface area (Å²) in [5.41, 5.74) is 8.61. The number of nitrogens with two attached hydrogens (primary N) is 1. The molecule has 4 rings (SSSR count). The molecule has 0 aliphatic carbocycles. The molecule has 0 radical (unpaired) electrons. The number of morpholine rings is 1. The first-order valence-electron chi connectivity index (χ1n) is 11.8. The van der Waals surface area contributed by atoms with E-state index < -0.39 is 5.97 Å². The second kappa shape index (κ2) is 12.5. The van der Waals surface area contributed by atoms with Crippen molar-refractivity contribution in [3.8, 4) is 16.3 Å². The Kier molecular flexibility index (Phi) is 8.88. The summed E-state index contributed by atoms with van der Waals surface area (Å²) in [7, 11) is 0. The molecule has 0 amide bonds. The van der Waals surface area contributed by atoms with Crippen LogP contribution in [0, 0.1) is 0 Å². The van der Waals surface area contributed by atoms with Crippen LogP contribution in [0.25, 0.3) is 10.6 Å². The molecule has 9 nitrogen and oxygen atoms in total. The fraction of sp³-hybridized carbons (Fsp3) is 0.400. The number of aromatic nitrogens is 2. The number of hydrogen-bond acceptors (Lipinski definition) is 10. The number of pyridine rings is 1. The Morgan fingerprint density at radius 2 is 2.03 bits per heavy atom. The molecule has 186 valence electrons. The predicted molar refractivity (Wildman–Crippen MR) is 137 cm³/mol. The van der Waals surface area contributed by atoms with Crippen LogP contribution in [0.2, 0.25) is 0 Å². The number of thiazole rings is 1. The van der Waals surface area contributed by atoms with Gasteiger partial charge in [0.25, 0.3) is 0 Å². The largest absolute Gasteiger partial charge is 0.494 e. The summed E-state index contributed by atoms with van der Waals surface area (Å²) in [6.07, 6.45) is 4.33. The minimum absolute atomic E-state index is 0.290. The summed E-state index contributed by atoms with van der Waals surface area (Å²) in [6, 6.07) is 9.36. The van der Waals surface area contributed by atoms with Crippen LogP contribution in [0.3, 0.4) is 0 Å². The summed E-state index contributed by atoms with van der Waals surface area (Å²) >= 11 is 1.28. The van der Waals surface area contributed by atoms with Crippen LogP contribution < -0.4 is 15.8 Å². The number of rotatable bonds is 11. The highest BCUT2D eigenvalue weighted by Crippen LogP contribution is 2.32. The highest BCUT2D eigenvalue weighted by molar-refractivity contribution is 7.17. The average Bonchev–Trinajstić information content (AvgIpc) is 3.32. The van der Waals surface area contributed by atoms with Gasteiger partial charge in [-0.25, -0.2) is 9.78 Å². The van der Waals surface area contributed by atoms with Gasteiger partial charge >= 0.3 is 5.97 Å².